The lowest BCUT2D eigenvalue weighted by Crippen LogP contribution is -2.20. The number of hydrogen-bond acceptors (Lipinski definition) is 2. The van der Waals surface area contributed by atoms with E-state index in [-0.39, 0.29) is 0 Å². The maximum atomic E-state index is 12.0. The number of hydrogen-bond donors (Lipinski definition) is 3. The fourth-order valence-corrected chi connectivity index (χ4v) is 3.28. The third-order valence-electron chi connectivity index (χ3n) is 2.50. The van der Waals surface area contributed by atoms with Crippen LogP contribution < -0.4 is 16.4 Å². The number of halogens is 4. The van der Waals surface area contributed by atoms with E-state index in [1.54, 1.807) is 30.3 Å². The van der Waals surface area contributed by atoms with Crippen molar-refractivity contribution in [1.29, 1.82) is 0 Å². The minimum absolute atomic E-state index is 0.386. The molecule has 0 saturated carbocycles. The fourth-order valence-electron chi connectivity index (χ4n) is 1.59. The van der Waals surface area contributed by atoms with Gasteiger partial charge in [-0.15, -0.1) is 0 Å². The highest BCUT2D eigenvalue weighted by Crippen LogP contribution is 2.33. The molecule has 2 amide bonds. The average Bonchev–Trinajstić information content (AvgIpc) is 2.38. The number of urea groups is 1. The second-order valence-electron chi connectivity index (χ2n) is 4.06. The molecular formula is C13H9Br2Cl2N3O. The van der Waals surface area contributed by atoms with E-state index in [1.807, 2.05) is 0 Å². The third kappa shape index (κ3) is 4.26. The van der Waals surface area contributed by atoms with Crippen LogP contribution in [0, 0.1) is 0 Å². The van der Waals surface area contributed by atoms with Gasteiger partial charge in [-0.3, -0.25) is 0 Å². The van der Waals surface area contributed by atoms with Gasteiger partial charge in [-0.25, -0.2) is 4.79 Å². The van der Waals surface area contributed by atoms with Crippen molar-refractivity contribution in [2.75, 3.05) is 16.4 Å². The van der Waals surface area contributed by atoms with Crippen LogP contribution in [0.1, 0.15) is 0 Å². The van der Waals surface area contributed by atoms with Gasteiger partial charge in [0.25, 0.3) is 0 Å². The molecule has 0 radical (unpaired) electrons. The van der Waals surface area contributed by atoms with Crippen LogP contribution in [0.25, 0.3) is 0 Å². The highest BCUT2D eigenvalue weighted by Gasteiger charge is 2.11. The van der Waals surface area contributed by atoms with Crippen LogP contribution in [-0.2, 0) is 0 Å². The Bertz CT molecular complexity index is 687. The highest BCUT2D eigenvalue weighted by atomic mass is 79.9. The molecule has 2 aromatic carbocycles. The molecule has 2 aromatic rings. The summed E-state index contributed by atoms with van der Waals surface area (Å²) in [5, 5.41) is 6.13. The molecule has 0 saturated heterocycles. The third-order valence-corrected chi connectivity index (χ3v) is 4.15. The van der Waals surface area contributed by atoms with E-state index in [2.05, 4.69) is 42.5 Å². The van der Waals surface area contributed by atoms with Crippen molar-refractivity contribution in [3.05, 3.63) is 49.3 Å². The normalized spacial score (nSPS) is 10.3. The number of rotatable bonds is 2. The lowest BCUT2D eigenvalue weighted by Gasteiger charge is -2.13. The van der Waals surface area contributed by atoms with Crippen molar-refractivity contribution in [1.82, 2.24) is 0 Å². The SMILES string of the molecule is Nc1cc(Br)cc(Br)c1NC(=O)Nc1cc(Cl)ccc1Cl. The van der Waals surface area contributed by atoms with Crippen LogP contribution in [0.3, 0.4) is 0 Å². The molecule has 0 bridgehead atoms. The summed E-state index contributed by atoms with van der Waals surface area (Å²) >= 11 is 18.5. The van der Waals surface area contributed by atoms with Crippen molar-refractivity contribution in [2.45, 2.75) is 0 Å². The van der Waals surface area contributed by atoms with E-state index < -0.39 is 6.03 Å². The van der Waals surface area contributed by atoms with Crippen molar-refractivity contribution < 1.29 is 4.79 Å². The molecule has 2 rings (SSSR count). The van der Waals surface area contributed by atoms with E-state index in [0.29, 0.717) is 31.6 Å². The topological polar surface area (TPSA) is 67.1 Å². The summed E-state index contributed by atoms with van der Waals surface area (Å²) in [4.78, 5) is 12.0. The van der Waals surface area contributed by atoms with E-state index in [0.717, 1.165) is 4.47 Å². The Hall–Kier alpha value is -0.950. The summed E-state index contributed by atoms with van der Waals surface area (Å²) in [5.41, 5.74) is 7.17. The highest BCUT2D eigenvalue weighted by molar-refractivity contribution is 9.11. The summed E-state index contributed by atoms with van der Waals surface area (Å²) in [6.45, 7) is 0. The molecule has 0 aromatic heterocycles. The Morgan fingerprint density at radius 2 is 1.81 bits per heavy atom. The monoisotopic (exact) mass is 451 g/mol. The minimum Gasteiger partial charge on any atom is -0.397 e. The maximum absolute atomic E-state index is 12.0. The second-order valence-corrected chi connectivity index (χ2v) is 6.67. The minimum atomic E-state index is -0.478. The zero-order valence-electron chi connectivity index (χ0n) is 10.4. The molecule has 110 valence electrons. The molecule has 0 heterocycles. The van der Waals surface area contributed by atoms with Gasteiger partial charge in [-0.2, -0.15) is 0 Å². The first-order valence-electron chi connectivity index (χ1n) is 5.64. The number of benzene rings is 2. The zero-order chi connectivity index (χ0) is 15.6. The molecule has 0 atom stereocenters. The first-order chi connectivity index (χ1) is 9.86. The van der Waals surface area contributed by atoms with Gasteiger partial charge >= 0.3 is 6.03 Å². The second kappa shape index (κ2) is 6.87. The molecule has 0 aliphatic heterocycles. The number of nitrogen functional groups attached to an aromatic ring is 1. The Balaban J connectivity index is 2.17. The van der Waals surface area contributed by atoms with Gasteiger partial charge in [0, 0.05) is 14.0 Å². The Morgan fingerprint density at radius 3 is 2.48 bits per heavy atom. The number of amides is 2. The lowest BCUT2D eigenvalue weighted by atomic mass is 10.2. The zero-order valence-corrected chi connectivity index (χ0v) is 15.1. The Kier molecular flexibility index (Phi) is 5.37. The van der Waals surface area contributed by atoms with Gasteiger partial charge in [-0.1, -0.05) is 39.1 Å². The fraction of sp³-hybridized carbons (Fsp3) is 0. The van der Waals surface area contributed by atoms with E-state index in [4.69, 9.17) is 28.9 Å². The molecule has 0 fully saturated rings. The number of nitrogens with one attached hydrogen (secondary N) is 2. The standard InChI is InChI=1S/C13H9Br2Cl2N3O/c14-6-3-8(15)12(10(18)4-6)20-13(21)19-11-5-7(16)1-2-9(11)17/h1-5H,18H2,(H2,19,20,21). The number of nitrogens with two attached hydrogens (primary N) is 1. The first kappa shape index (κ1) is 16.4. The number of carbonyl (C=O) groups excluding carboxylic acids is 1. The van der Waals surface area contributed by atoms with E-state index in [9.17, 15) is 4.79 Å². The van der Waals surface area contributed by atoms with Gasteiger partial charge in [0.1, 0.15) is 0 Å². The summed E-state index contributed by atoms with van der Waals surface area (Å²) < 4.78 is 1.46. The molecule has 0 aliphatic carbocycles. The smallest absolute Gasteiger partial charge is 0.323 e. The molecule has 4 N–H and O–H groups in total. The van der Waals surface area contributed by atoms with Gasteiger partial charge in [0.2, 0.25) is 0 Å². The van der Waals surface area contributed by atoms with E-state index >= 15 is 0 Å². The molecule has 0 spiro atoms. The lowest BCUT2D eigenvalue weighted by molar-refractivity contribution is 0.262. The predicted octanol–water partition coefficient (Wildman–Crippen LogP) is 5.74. The van der Waals surface area contributed by atoms with E-state index in [1.165, 1.54) is 0 Å². The Morgan fingerprint density at radius 1 is 1.10 bits per heavy atom. The van der Waals surface area contributed by atoms with Crippen LogP contribution in [0.2, 0.25) is 10.0 Å². The maximum Gasteiger partial charge on any atom is 0.323 e. The van der Waals surface area contributed by atoms with Gasteiger partial charge in [0.05, 0.1) is 22.1 Å². The Labute approximate surface area is 148 Å². The number of anilines is 3. The van der Waals surface area contributed by atoms with Crippen LogP contribution in [0.5, 0.6) is 0 Å². The summed E-state index contributed by atoms with van der Waals surface area (Å²) in [6, 6.07) is 7.78. The van der Waals surface area contributed by atoms with Crippen LogP contribution >= 0.6 is 55.1 Å². The molecule has 21 heavy (non-hydrogen) atoms. The molecule has 4 nitrogen and oxygen atoms in total. The van der Waals surface area contributed by atoms with Crippen LogP contribution in [-0.4, -0.2) is 6.03 Å². The largest absolute Gasteiger partial charge is 0.397 e. The number of carbonyl (C=O) groups is 1. The molecule has 0 aliphatic rings. The van der Waals surface area contributed by atoms with Gasteiger partial charge < -0.3 is 16.4 Å². The summed E-state index contributed by atoms with van der Waals surface area (Å²) in [6.07, 6.45) is 0. The van der Waals surface area contributed by atoms with Crippen molar-refractivity contribution in [2.24, 2.45) is 0 Å². The van der Waals surface area contributed by atoms with Crippen LogP contribution in [0.15, 0.2) is 39.3 Å². The van der Waals surface area contributed by atoms with Crippen LogP contribution in [0.4, 0.5) is 21.9 Å². The molecule has 8 heteroatoms. The van der Waals surface area contributed by atoms with Crippen molar-refractivity contribution >= 4 is 78.2 Å². The van der Waals surface area contributed by atoms with Crippen molar-refractivity contribution in [3.8, 4) is 0 Å². The quantitative estimate of drug-likeness (QED) is 0.507. The predicted molar refractivity (Wildman–Crippen MR) is 95.4 cm³/mol. The summed E-state index contributed by atoms with van der Waals surface area (Å²) in [5.74, 6) is 0. The first-order valence-corrected chi connectivity index (χ1v) is 7.98. The summed E-state index contributed by atoms with van der Waals surface area (Å²) in [7, 11) is 0. The van der Waals surface area contributed by atoms with Crippen molar-refractivity contribution in [3.63, 3.8) is 0 Å². The molecule has 0 unspecified atom stereocenters. The molecular weight excluding hydrogens is 445 g/mol. The average molecular weight is 454 g/mol. The van der Waals surface area contributed by atoms with Gasteiger partial charge in [-0.05, 0) is 46.3 Å². The van der Waals surface area contributed by atoms with Gasteiger partial charge in [0.15, 0.2) is 0 Å².